The Morgan fingerprint density at radius 2 is 2.28 bits per heavy atom. The maximum atomic E-state index is 5.91. The maximum Gasteiger partial charge on any atom is 0.231 e. The summed E-state index contributed by atoms with van der Waals surface area (Å²) in [5.74, 6) is 1.71. The van der Waals surface area contributed by atoms with Crippen molar-refractivity contribution in [2.75, 3.05) is 43.6 Å². The summed E-state index contributed by atoms with van der Waals surface area (Å²) in [5.41, 5.74) is 0. The number of halogens is 1. The van der Waals surface area contributed by atoms with Crippen LogP contribution in [-0.4, -0.2) is 48.3 Å². The van der Waals surface area contributed by atoms with Gasteiger partial charge in [-0.3, -0.25) is 0 Å². The van der Waals surface area contributed by atoms with Crippen LogP contribution in [0.1, 0.15) is 13.3 Å². The molecule has 1 unspecified atom stereocenters. The average molecular weight is 272 g/mol. The average Bonchev–Trinajstić information content (AvgIpc) is 2.78. The lowest BCUT2D eigenvalue weighted by molar-refractivity contribution is 0.161. The van der Waals surface area contributed by atoms with E-state index in [4.69, 9.17) is 16.3 Å². The minimum absolute atomic E-state index is 0.228. The highest BCUT2D eigenvalue weighted by atomic mass is 35.5. The molecule has 0 aliphatic carbocycles. The second-order valence-electron chi connectivity index (χ2n) is 4.31. The Hall–Kier alpha value is -1.14. The van der Waals surface area contributed by atoms with Gasteiger partial charge in [0.05, 0.1) is 6.61 Å². The topological polar surface area (TPSA) is 63.2 Å². The molecule has 1 saturated heterocycles. The van der Waals surface area contributed by atoms with Gasteiger partial charge in [-0.25, -0.2) is 0 Å². The third-order valence-electron chi connectivity index (χ3n) is 2.90. The third-order valence-corrected chi connectivity index (χ3v) is 3.07. The van der Waals surface area contributed by atoms with Gasteiger partial charge in [-0.15, -0.1) is 0 Å². The molecule has 1 aliphatic rings. The van der Waals surface area contributed by atoms with Crippen molar-refractivity contribution in [2.45, 2.75) is 13.3 Å². The largest absolute Gasteiger partial charge is 0.384 e. The highest BCUT2D eigenvalue weighted by Crippen LogP contribution is 2.22. The van der Waals surface area contributed by atoms with Crippen LogP contribution in [0.2, 0.25) is 5.28 Å². The van der Waals surface area contributed by atoms with E-state index < -0.39 is 0 Å². The molecule has 1 fully saturated rings. The molecule has 1 atom stereocenters. The number of nitrogens with zero attached hydrogens (tertiary/aromatic N) is 4. The van der Waals surface area contributed by atoms with E-state index in [9.17, 15) is 0 Å². The molecule has 0 bridgehead atoms. The Labute approximate surface area is 112 Å². The fraction of sp³-hybridized carbons (Fsp3) is 0.727. The number of anilines is 2. The monoisotopic (exact) mass is 271 g/mol. The summed E-state index contributed by atoms with van der Waals surface area (Å²) in [6.45, 7) is 5.35. The Kier molecular flexibility index (Phi) is 4.54. The summed E-state index contributed by atoms with van der Waals surface area (Å²) in [6.07, 6.45) is 1.09. The molecule has 0 saturated carbocycles. The number of aromatic nitrogens is 3. The van der Waals surface area contributed by atoms with Crippen LogP contribution in [0.5, 0.6) is 0 Å². The van der Waals surface area contributed by atoms with Crippen molar-refractivity contribution >= 4 is 23.5 Å². The Balaban J connectivity index is 2.08. The molecule has 100 valence electrons. The number of ether oxygens (including phenoxy) is 1. The molecule has 1 aromatic rings. The van der Waals surface area contributed by atoms with E-state index in [0.29, 0.717) is 17.8 Å². The van der Waals surface area contributed by atoms with E-state index in [-0.39, 0.29) is 5.28 Å². The van der Waals surface area contributed by atoms with Crippen LogP contribution in [-0.2, 0) is 4.74 Å². The lowest BCUT2D eigenvalue weighted by Crippen LogP contribution is -2.24. The van der Waals surface area contributed by atoms with Crippen LogP contribution in [0.15, 0.2) is 0 Å². The molecule has 0 spiro atoms. The Morgan fingerprint density at radius 3 is 3.00 bits per heavy atom. The second-order valence-corrected chi connectivity index (χ2v) is 4.65. The SMILES string of the molecule is CCNc1nc(Cl)nc(N2CCC(COC)C2)n1. The first-order valence-corrected chi connectivity index (χ1v) is 6.50. The van der Waals surface area contributed by atoms with E-state index in [2.05, 4.69) is 25.2 Å². The van der Waals surface area contributed by atoms with E-state index in [1.54, 1.807) is 7.11 Å². The van der Waals surface area contributed by atoms with Crippen molar-refractivity contribution in [1.82, 2.24) is 15.0 Å². The fourth-order valence-electron chi connectivity index (χ4n) is 2.10. The lowest BCUT2D eigenvalue weighted by Gasteiger charge is -2.16. The minimum Gasteiger partial charge on any atom is -0.384 e. The van der Waals surface area contributed by atoms with Crippen molar-refractivity contribution in [2.24, 2.45) is 5.92 Å². The summed E-state index contributed by atoms with van der Waals surface area (Å²) < 4.78 is 5.18. The van der Waals surface area contributed by atoms with Crippen LogP contribution in [0.4, 0.5) is 11.9 Å². The molecule has 2 heterocycles. The highest BCUT2D eigenvalue weighted by Gasteiger charge is 2.25. The quantitative estimate of drug-likeness (QED) is 0.874. The lowest BCUT2D eigenvalue weighted by atomic mass is 10.1. The summed E-state index contributed by atoms with van der Waals surface area (Å²) >= 11 is 5.91. The van der Waals surface area contributed by atoms with Crippen molar-refractivity contribution in [3.05, 3.63) is 5.28 Å². The van der Waals surface area contributed by atoms with Crippen LogP contribution >= 0.6 is 11.6 Å². The fourth-order valence-corrected chi connectivity index (χ4v) is 2.26. The molecule has 0 aromatic carbocycles. The highest BCUT2D eigenvalue weighted by molar-refractivity contribution is 6.28. The summed E-state index contributed by atoms with van der Waals surface area (Å²) in [4.78, 5) is 14.7. The predicted molar refractivity (Wildman–Crippen MR) is 71.2 cm³/mol. The molecule has 6 nitrogen and oxygen atoms in total. The van der Waals surface area contributed by atoms with Gasteiger partial charge in [0.15, 0.2) is 0 Å². The number of rotatable bonds is 5. The van der Waals surface area contributed by atoms with E-state index >= 15 is 0 Å². The zero-order valence-electron chi connectivity index (χ0n) is 10.7. The standard InChI is InChI=1S/C11H18ClN5O/c1-3-13-10-14-9(12)15-11(16-10)17-5-4-8(6-17)7-18-2/h8H,3-7H2,1-2H3,(H,13,14,15,16). The smallest absolute Gasteiger partial charge is 0.231 e. The van der Waals surface area contributed by atoms with Gasteiger partial charge in [-0.1, -0.05) is 0 Å². The molecule has 1 aromatic heterocycles. The molecule has 2 rings (SSSR count). The van der Waals surface area contributed by atoms with Gasteiger partial charge in [-0.05, 0) is 24.9 Å². The first-order chi connectivity index (χ1) is 8.72. The Bertz CT molecular complexity index is 403. The molecule has 7 heteroatoms. The normalized spacial score (nSPS) is 19.3. The van der Waals surface area contributed by atoms with Crippen molar-refractivity contribution in [1.29, 1.82) is 0 Å². The molecule has 0 radical (unpaired) electrons. The molecule has 1 N–H and O–H groups in total. The van der Waals surface area contributed by atoms with E-state index in [1.807, 2.05) is 6.92 Å². The van der Waals surface area contributed by atoms with Gasteiger partial charge >= 0.3 is 0 Å². The van der Waals surface area contributed by atoms with Gasteiger partial charge in [-0.2, -0.15) is 15.0 Å². The summed E-state index contributed by atoms with van der Waals surface area (Å²) in [7, 11) is 1.73. The van der Waals surface area contributed by atoms with Crippen molar-refractivity contribution in [3.63, 3.8) is 0 Å². The summed E-state index contributed by atoms with van der Waals surface area (Å²) in [6, 6.07) is 0. The van der Waals surface area contributed by atoms with Crippen LogP contribution in [0.25, 0.3) is 0 Å². The number of hydrogen-bond acceptors (Lipinski definition) is 6. The van der Waals surface area contributed by atoms with Crippen molar-refractivity contribution in [3.8, 4) is 0 Å². The van der Waals surface area contributed by atoms with Crippen molar-refractivity contribution < 1.29 is 4.74 Å². The molecule has 0 amide bonds. The van der Waals surface area contributed by atoms with E-state index in [0.717, 1.165) is 32.7 Å². The first kappa shape index (κ1) is 13.3. The second kappa shape index (κ2) is 6.15. The van der Waals surface area contributed by atoms with Gasteiger partial charge in [0.1, 0.15) is 0 Å². The minimum atomic E-state index is 0.228. The van der Waals surface area contributed by atoms with Gasteiger partial charge in [0, 0.05) is 32.7 Å². The number of methoxy groups -OCH3 is 1. The predicted octanol–water partition coefficient (Wildman–Crippen LogP) is 1.43. The van der Waals surface area contributed by atoms with Gasteiger partial charge in [0.2, 0.25) is 17.2 Å². The maximum absolute atomic E-state index is 5.91. The molecular formula is C11H18ClN5O. The van der Waals surface area contributed by atoms with Crippen LogP contribution in [0, 0.1) is 5.92 Å². The van der Waals surface area contributed by atoms with Crippen LogP contribution in [0.3, 0.4) is 0 Å². The third kappa shape index (κ3) is 3.20. The summed E-state index contributed by atoms with van der Waals surface area (Å²) in [5, 5.41) is 3.28. The van der Waals surface area contributed by atoms with Gasteiger partial charge in [0.25, 0.3) is 0 Å². The molecular weight excluding hydrogens is 254 g/mol. The van der Waals surface area contributed by atoms with Crippen LogP contribution < -0.4 is 10.2 Å². The Morgan fingerprint density at radius 1 is 1.44 bits per heavy atom. The zero-order valence-corrected chi connectivity index (χ0v) is 11.4. The first-order valence-electron chi connectivity index (χ1n) is 6.12. The molecule has 1 aliphatic heterocycles. The number of nitrogens with one attached hydrogen (secondary N) is 1. The van der Waals surface area contributed by atoms with Gasteiger partial charge < -0.3 is 15.0 Å². The number of hydrogen-bond donors (Lipinski definition) is 1. The van der Waals surface area contributed by atoms with E-state index in [1.165, 1.54) is 0 Å². The zero-order chi connectivity index (χ0) is 13.0. The molecule has 18 heavy (non-hydrogen) atoms.